The molecule has 0 saturated heterocycles. The molecule has 0 heterocycles. The number of benzene rings is 1. The molecular formula is C14H19BrFNO2S. The van der Waals surface area contributed by atoms with Gasteiger partial charge in [-0.2, -0.15) is 0 Å². The Bertz CT molecular complexity index is 583. The van der Waals surface area contributed by atoms with Crippen LogP contribution in [-0.2, 0) is 10.0 Å². The van der Waals surface area contributed by atoms with Crippen LogP contribution in [0.5, 0.6) is 0 Å². The summed E-state index contributed by atoms with van der Waals surface area (Å²) in [5.41, 5.74) is 0.0704. The molecule has 1 aliphatic carbocycles. The smallest absolute Gasteiger partial charge is 0.211 e. The molecule has 0 radical (unpaired) electrons. The van der Waals surface area contributed by atoms with Crippen LogP contribution in [0.1, 0.15) is 39.0 Å². The number of sulfonamides is 1. The largest absolute Gasteiger partial charge is 0.240 e. The second-order valence-electron chi connectivity index (χ2n) is 5.46. The fourth-order valence-corrected chi connectivity index (χ4v) is 4.17. The Morgan fingerprint density at radius 1 is 1.35 bits per heavy atom. The van der Waals surface area contributed by atoms with E-state index in [9.17, 15) is 12.8 Å². The molecule has 2 rings (SSSR count). The van der Waals surface area contributed by atoms with Crippen molar-refractivity contribution in [2.45, 2.75) is 43.9 Å². The quantitative estimate of drug-likeness (QED) is 0.863. The van der Waals surface area contributed by atoms with Crippen molar-refractivity contribution in [3.05, 3.63) is 28.5 Å². The average molecular weight is 364 g/mol. The van der Waals surface area contributed by atoms with Gasteiger partial charge >= 0.3 is 0 Å². The molecule has 0 aromatic heterocycles. The van der Waals surface area contributed by atoms with Crippen LogP contribution in [0, 0.1) is 11.2 Å². The number of rotatable bonds is 5. The summed E-state index contributed by atoms with van der Waals surface area (Å²) in [4.78, 5) is -0.0255. The van der Waals surface area contributed by atoms with E-state index in [0.29, 0.717) is 6.54 Å². The summed E-state index contributed by atoms with van der Waals surface area (Å²) in [6, 6.07) is 3.86. The molecule has 0 spiro atoms. The van der Waals surface area contributed by atoms with Crippen LogP contribution in [-0.4, -0.2) is 15.0 Å². The van der Waals surface area contributed by atoms with Gasteiger partial charge in [0.25, 0.3) is 0 Å². The first-order valence-corrected chi connectivity index (χ1v) is 9.11. The lowest BCUT2D eigenvalue weighted by atomic mass is 9.84. The molecular weight excluding hydrogens is 345 g/mol. The predicted molar refractivity (Wildman–Crippen MR) is 80.5 cm³/mol. The second kappa shape index (κ2) is 6.12. The van der Waals surface area contributed by atoms with Crippen LogP contribution >= 0.6 is 15.9 Å². The Morgan fingerprint density at radius 3 is 2.55 bits per heavy atom. The lowest BCUT2D eigenvalue weighted by Gasteiger charge is -2.27. The maximum Gasteiger partial charge on any atom is 0.240 e. The molecule has 0 bridgehead atoms. The molecule has 6 heteroatoms. The molecule has 1 aromatic rings. The summed E-state index contributed by atoms with van der Waals surface area (Å²) in [5, 5.41) is 0. The van der Waals surface area contributed by atoms with Gasteiger partial charge in [0.05, 0.1) is 9.37 Å². The molecule has 3 nitrogen and oxygen atoms in total. The maximum absolute atomic E-state index is 13.5. The molecule has 1 aliphatic rings. The summed E-state index contributed by atoms with van der Waals surface area (Å²) < 4.78 is 40.8. The van der Waals surface area contributed by atoms with Gasteiger partial charge in [-0.25, -0.2) is 17.5 Å². The van der Waals surface area contributed by atoms with E-state index in [1.54, 1.807) is 0 Å². The highest BCUT2D eigenvalue weighted by Crippen LogP contribution is 2.40. The third-order valence-electron chi connectivity index (χ3n) is 4.25. The molecule has 0 atom stereocenters. The summed E-state index contributed by atoms with van der Waals surface area (Å²) in [7, 11) is -3.65. The van der Waals surface area contributed by atoms with E-state index in [4.69, 9.17) is 0 Å². The van der Waals surface area contributed by atoms with E-state index in [-0.39, 0.29) is 14.8 Å². The van der Waals surface area contributed by atoms with E-state index in [1.165, 1.54) is 12.1 Å². The summed E-state index contributed by atoms with van der Waals surface area (Å²) in [6.45, 7) is 2.53. The standard InChI is InChI=1S/C14H19BrFNO2S/c1-2-14(7-3-4-8-14)10-17-20(18,19)11-5-6-12(15)13(16)9-11/h5-6,9,17H,2-4,7-8,10H2,1H3. The van der Waals surface area contributed by atoms with Crippen LogP contribution in [0.25, 0.3) is 0 Å². The molecule has 0 unspecified atom stereocenters. The number of halogens is 2. The van der Waals surface area contributed by atoms with Crippen molar-refractivity contribution in [3.8, 4) is 0 Å². The van der Waals surface area contributed by atoms with Gasteiger partial charge in [0.2, 0.25) is 10.0 Å². The van der Waals surface area contributed by atoms with Crippen molar-refractivity contribution in [2.75, 3.05) is 6.54 Å². The van der Waals surface area contributed by atoms with Gasteiger partial charge in [-0.05, 0) is 58.8 Å². The molecule has 1 fully saturated rings. The topological polar surface area (TPSA) is 46.2 Å². The van der Waals surface area contributed by atoms with E-state index in [2.05, 4.69) is 27.6 Å². The SMILES string of the molecule is CCC1(CNS(=O)(=O)c2ccc(Br)c(F)c2)CCCC1. The first-order valence-electron chi connectivity index (χ1n) is 6.83. The molecule has 20 heavy (non-hydrogen) atoms. The lowest BCUT2D eigenvalue weighted by molar-refractivity contribution is 0.285. The summed E-state index contributed by atoms with van der Waals surface area (Å²) >= 11 is 3.02. The Labute approximate surface area is 128 Å². The van der Waals surface area contributed by atoms with Crippen molar-refractivity contribution in [3.63, 3.8) is 0 Å². The number of hydrogen-bond acceptors (Lipinski definition) is 2. The first-order chi connectivity index (χ1) is 9.38. The van der Waals surface area contributed by atoms with Gasteiger partial charge < -0.3 is 0 Å². The highest BCUT2D eigenvalue weighted by Gasteiger charge is 2.33. The monoisotopic (exact) mass is 363 g/mol. The Morgan fingerprint density at radius 2 is 2.00 bits per heavy atom. The van der Waals surface area contributed by atoms with Crippen LogP contribution in [0.3, 0.4) is 0 Å². The van der Waals surface area contributed by atoms with Crippen LogP contribution in [0.15, 0.2) is 27.6 Å². The fraction of sp³-hybridized carbons (Fsp3) is 0.571. The molecule has 1 aromatic carbocycles. The lowest BCUT2D eigenvalue weighted by Crippen LogP contribution is -2.35. The minimum Gasteiger partial charge on any atom is -0.211 e. The van der Waals surface area contributed by atoms with Gasteiger partial charge in [0.1, 0.15) is 5.82 Å². The zero-order chi connectivity index (χ0) is 14.8. The normalized spacial score (nSPS) is 18.4. The number of hydrogen-bond donors (Lipinski definition) is 1. The Kier molecular flexibility index (Phi) is 4.87. The second-order valence-corrected chi connectivity index (χ2v) is 8.08. The van der Waals surface area contributed by atoms with Gasteiger partial charge in [0.15, 0.2) is 0 Å². The maximum atomic E-state index is 13.5. The van der Waals surface area contributed by atoms with Crippen molar-refractivity contribution in [1.29, 1.82) is 0 Å². The molecule has 0 amide bonds. The van der Waals surface area contributed by atoms with Crippen molar-refractivity contribution < 1.29 is 12.8 Å². The third-order valence-corrected chi connectivity index (χ3v) is 6.29. The fourth-order valence-electron chi connectivity index (χ4n) is 2.76. The summed E-state index contributed by atoms with van der Waals surface area (Å²) in [5.74, 6) is -0.570. The summed E-state index contributed by atoms with van der Waals surface area (Å²) in [6.07, 6.45) is 5.39. The van der Waals surface area contributed by atoms with Crippen molar-refractivity contribution in [1.82, 2.24) is 4.72 Å². The molecule has 112 valence electrons. The van der Waals surface area contributed by atoms with Crippen molar-refractivity contribution in [2.24, 2.45) is 5.41 Å². The minimum atomic E-state index is -3.65. The zero-order valence-electron chi connectivity index (χ0n) is 11.5. The third kappa shape index (κ3) is 3.40. The zero-order valence-corrected chi connectivity index (χ0v) is 13.9. The van der Waals surface area contributed by atoms with Gasteiger partial charge in [-0.15, -0.1) is 0 Å². The molecule has 1 saturated carbocycles. The van der Waals surface area contributed by atoms with Crippen LogP contribution < -0.4 is 4.72 Å². The molecule has 0 aliphatic heterocycles. The Balaban J connectivity index is 2.13. The van der Waals surface area contributed by atoms with E-state index in [1.807, 2.05) is 0 Å². The van der Waals surface area contributed by atoms with E-state index >= 15 is 0 Å². The van der Waals surface area contributed by atoms with Gasteiger partial charge in [0, 0.05) is 6.54 Å². The molecule has 1 N–H and O–H groups in total. The van der Waals surface area contributed by atoms with Crippen molar-refractivity contribution >= 4 is 26.0 Å². The minimum absolute atomic E-state index is 0.0255. The number of nitrogens with one attached hydrogen (secondary N) is 1. The van der Waals surface area contributed by atoms with Gasteiger partial charge in [-0.3, -0.25) is 0 Å². The van der Waals surface area contributed by atoms with Crippen LogP contribution in [0.2, 0.25) is 0 Å². The Hall–Kier alpha value is -0.460. The van der Waals surface area contributed by atoms with E-state index < -0.39 is 15.8 Å². The highest BCUT2D eigenvalue weighted by atomic mass is 79.9. The highest BCUT2D eigenvalue weighted by molar-refractivity contribution is 9.10. The van der Waals surface area contributed by atoms with Crippen LogP contribution in [0.4, 0.5) is 4.39 Å². The van der Waals surface area contributed by atoms with Gasteiger partial charge in [-0.1, -0.05) is 19.8 Å². The van der Waals surface area contributed by atoms with E-state index in [0.717, 1.165) is 38.2 Å². The first kappa shape index (κ1) is 15.9. The predicted octanol–water partition coefficient (Wildman–Crippen LogP) is 3.84. The average Bonchev–Trinajstić information content (AvgIpc) is 2.89.